The van der Waals surface area contributed by atoms with Crippen molar-refractivity contribution in [1.29, 1.82) is 0 Å². The van der Waals surface area contributed by atoms with Crippen molar-refractivity contribution in [2.24, 2.45) is 0 Å². The number of benzene rings is 2. The number of sulfone groups is 1. The summed E-state index contributed by atoms with van der Waals surface area (Å²) >= 11 is 0. The third-order valence-electron chi connectivity index (χ3n) is 4.43. The van der Waals surface area contributed by atoms with E-state index in [1.165, 1.54) is 36.4 Å². The zero-order valence-corrected chi connectivity index (χ0v) is 18.7. The van der Waals surface area contributed by atoms with Gasteiger partial charge < -0.3 is 18.9 Å². The minimum atomic E-state index is -4.81. The maximum absolute atomic E-state index is 12.9. The Balaban J connectivity index is 1.70. The van der Waals surface area contributed by atoms with Gasteiger partial charge in [-0.1, -0.05) is 0 Å². The number of alkyl halides is 3. The predicted molar refractivity (Wildman–Crippen MR) is 110 cm³/mol. The molecule has 0 saturated carbocycles. The molecule has 0 fully saturated rings. The van der Waals surface area contributed by atoms with Crippen LogP contribution in [0.15, 0.2) is 65.4 Å². The Kier molecular flexibility index (Phi) is 6.98. The summed E-state index contributed by atoms with van der Waals surface area (Å²) in [5.41, 5.74) is 0. The lowest BCUT2D eigenvalue weighted by Gasteiger charge is -2.25. The van der Waals surface area contributed by atoms with Crippen LogP contribution in [0.5, 0.6) is 17.2 Å². The molecule has 1 atom stereocenters. The van der Waals surface area contributed by atoms with Crippen molar-refractivity contribution in [2.75, 3.05) is 5.75 Å². The highest BCUT2D eigenvalue weighted by Gasteiger charge is 2.37. The summed E-state index contributed by atoms with van der Waals surface area (Å²) in [6, 6.07) is 8.48. The lowest BCUT2D eigenvalue weighted by atomic mass is 10.3. The van der Waals surface area contributed by atoms with Crippen LogP contribution >= 0.6 is 0 Å². The summed E-state index contributed by atoms with van der Waals surface area (Å²) in [5, 5.41) is 10.1. The van der Waals surface area contributed by atoms with Crippen molar-refractivity contribution in [3.05, 3.63) is 60.6 Å². The van der Waals surface area contributed by atoms with Crippen molar-refractivity contribution in [3.8, 4) is 17.2 Å². The van der Waals surface area contributed by atoms with Gasteiger partial charge in [0.1, 0.15) is 29.6 Å². The van der Waals surface area contributed by atoms with Gasteiger partial charge in [-0.05, 0) is 48.5 Å². The van der Waals surface area contributed by atoms with Gasteiger partial charge in [0.2, 0.25) is 12.2 Å². The molecule has 1 heterocycles. The molecule has 1 aliphatic rings. The molecular weight excluding hydrogens is 483 g/mol. The molecule has 2 aromatic carbocycles. The zero-order valence-electron chi connectivity index (χ0n) is 17.9. The molecule has 9 nitrogen and oxygen atoms in total. The van der Waals surface area contributed by atoms with E-state index in [1.807, 2.05) is 0 Å². The van der Waals surface area contributed by atoms with Crippen molar-refractivity contribution >= 4 is 16.2 Å². The van der Waals surface area contributed by atoms with Gasteiger partial charge in [-0.25, -0.2) is 13.5 Å². The van der Waals surface area contributed by atoms with Crippen LogP contribution in [0.3, 0.4) is 0 Å². The van der Waals surface area contributed by atoms with Gasteiger partial charge in [-0.3, -0.25) is 10.0 Å². The van der Waals surface area contributed by atoms with Gasteiger partial charge in [0.05, 0.1) is 10.6 Å². The van der Waals surface area contributed by atoms with E-state index in [0.29, 0.717) is 0 Å². The molecule has 2 aromatic rings. The molecule has 13 heteroatoms. The number of rotatable bonds is 9. The molecule has 0 aromatic heterocycles. The smallest absolute Gasteiger partial charge is 0.457 e. The summed E-state index contributed by atoms with van der Waals surface area (Å²) in [4.78, 5) is 10.9. The second-order valence-electron chi connectivity index (χ2n) is 7.52. The molecule has 0 saturated heterocycles. The summed E-state index contributed by atoms with van der Waals surface area (Å²) < 4.78 is 82.4. The van der Waals surface area contributed by atoms with Crippen LogP contribution in [-0.4, -0.2) is 49.0 Å². The first-order chi connectivity index (χ1) is 15.8. The van der Waals surface area contributed by atoms with Crippen molar-refractivity contribution < 1.29 is 50.5 Å². The molecule has 0 radical (unpaired) electrons. The van der Waals surface area contributed by atoms with Gasteiger partial charge in [0, 0.05) is 13.8 Å². The fourth-order valence-corrected chi connectivity index (χ4v) is 4.38. The van der Waals surface area contributed by atoms with E-state index >= 15 is 0 Å². The zero-order chi connectivity index (χ0) is 25.1. The number of hydroxylamine groups is 2. The van der Waals surface area contributed by atoms with Crippen LogP contribution in [0, 0.1) is 0 Å². The molecule has 3 rings (SSSR count). The molecule has 0 spiro atoms. The fraction of sp³-hybridized carbons (Fsp3) is 0.286. The van der Waals surface area contributed by atoms with Crippen LogP contribution in [0.2, 0.25) is 0 Å². The highest BCUT2D eigenvalue weighted by molar-refractivity contribution is 7.91. The number of carbonyl (C=O) groups is 1. The minimum Gasteiger partial charge on any atom is -0.457 e. The molecule has 34 heavy (non-hydrogen) atoms. The molecule has 1 unspecified atom stereocenters. The molecule has 1 aliphatic heterocycles. The van der Waals surface area contributed by atoms with E-state index in [4.69, 9.17) is 14.2 Å². The van der Waals surface area contributed by atoms with E-state index in [2.05, 4.69) is 4.74 Å². The van der Waals surface area contributed by atoms with Crippen molar-refractivity contribution in [2.45, 2.75) is 36.9 Å². The fourth-order valence-electron chi connectivity index (χ4n) is 2.91. The molecule has 184 valence electrons. The third kappa shape index (κ3) is 6.54. The Morgan fingerprint density at radius 2 is 1.59 bits per heavy atom. The maximum atomic E-state index is 12.9. The lowest BCUT2D eigenvalue weighted by Crippen LogP contribution is -2.39. The first kappa shape index (κ1) is 25.2. The SMILES string of the molecule is CC1(C)OC=C(C(CS(=O)(=O)c2ccc(Oc3ccc(OC(F)(F)F)cc3)cc2)N(O)C=O)O1. The van der Waals surface area contributed by atoms with Gasteiger partial charge in [-0.2, -0.15) is 0 Å². The van der Waals surface area contributed by atoms with Crippen molar-refractivity contribution in [1.82, 2.24) is 5.06 Å². The Morgan fingerprint density at radius 3 is 2.06 bits per heavy atom. The Morgan fingerprint density at radius 1 is 1.06 bits per heavy atom. The van der Waals surface area contributed by atoms with E-state index in [1.54, 1.807) is 13.8 Å². The number of nitrogens with zero attached hydrogens (tertiary/aromatic N) is 1. The van der Waals surface area contributed by atoms with Gasteiger partial charge in [0.25, 0.3) is 0 Å². The predicted octanol–water partition coefficient (Wildman–Crippen LogP) is 3.99. The minimum absolute atomic E-state index is 0.0407. The van der Waals surface area contributed by atoms with E-state index in [-0.39, 0.29) is 33.6 Å². The van der Waals surface area contributed by atoms with E-state index in [9.17, 15) is 31.6 Å². The number of ether oxygens (including phenoxy) is 4. The normalized spacial score (nSPS) is 16.0. The quantitative estimate of drug-likeness (QED) is 0.311. The van der Waals surface area contributed by atoms with Crippen LogP contribution in [0.4, 0.5) is 13.2 Å². The second-order valence-corrected chi connectivity index (χ2v) is 9.55. The molecule has 0 bridgehead atoms. The third-order valence-corrected chi connectivity index (χ3v) is 6.18. The molecule has 0 aliphatic carbocycles. The van der Waals surface area contributed by atoms with E-state index in [0.717, 1.165) is 18.4 Å². The highest BCUT2D eigenvalue weighted by atomic mass is 32.2. The molecule has 1 N–H and O–H groups in total. The topological polar surface area (TPSA) is 112 Å². The number of hydrogen-bond donors (Lipinski definition) is 1. The Hall–Kier alpha value is -3.45. The summed E-state index contributed by atoms with van der Waals surface area (Å²) in [6.45, 7) is 3.14. The summed E-state index contributed by atoms with van der Waals surface area (Å²) in [5.74, 6) is -1.83. The Bertz CT molecular complexity index is 1150. The van der Waals surface area contributed by atoms with Gasteiger partial charge in [-0.15, -0.1) is 13.2 Å². The number of amides is 1. The van der Waals surface area contributed by atoms with Crippen molar-refractivity contribution in [3.63, 3.8) is 0 Å². The summed E-state index contributed by atoms with van der Waals surface area (Å²) in [7, 11) is -4.02. The van der Waals surface area contributed by atoms with Crippen LogP contribution in [0.1, 0.15) is 13.8 Å². The first-order valence-electron chi connectivity index (χ1n) is 9.64. The number of carbonyl (C=O) groups excluding carboxylic acids is 1. The number of halogens is 3. The maximum Gasteiger partial charge on any atom is 0.573 e. The van der Waals surface area contributed by atoms with Crippen LogP contribution in [0.25, 0.3) is 0 Å². The largest absolute Gasteiger partial charge is 0.573 e. The van der Waals surface area contributed by atoms with Gasteiger partial charge in [0.15, 0.2) is 15.6 Å². The monoisotopic (exact) mass is 503 g/mol. The molecule has 1 amide bonds. The Labute approximate surface area is 192 Å². The standard InChI is InChI=1S/C21H20F3NO8S/c1-20(2)30-11-19(33-20)18(25(27)13-26)12-34(28,29)17-9-7-15(8-10-17)31-14-3-5-16(6-4-14)32-21(22,23)24/h3-11,13,18,27H,12H2,1-2H3. The lowest BCUT2D eigenvalue weighted by molar-refractivity contribution is -0.274. The number of hydrogen-bond acceptors (Lipinski definition) is 8. The van der Waals surface area contributed by atoms with E-state index < -0.39 is 39.5 Å². The highest BCUT2D eigenvalue weighted by Crippen LogP contribution is 2.31. The van der Waals surface area contributed by atoms with Gasteiger partial charge >= 0.3 is 6.36 Å². The summed E-state index contributed by atoms with van der Waals surface area (Å²) in [6.07, 6.45) is -3.63. The first-order valence-corrected chi connectivity index (χ1v) is 11.3. The second kappa shape index (κ2) is 9.43. The average Bonchev–Trinajstić information content (AvgIpc) is 3.11. The van der Waals surface area contributed by atoms with Crippen LogP contribution in [-0.2, 0) is 24.1 Å². The van der Waals surface area contributed by atoms with Crippen LogP contribution < -0.4 is 9.47 Å². The average molecular weight is 503 g/mol. The molecular formula is C21H20F3NO8S.